The minimum atomic E-state index is -0.799. The number of hydrogen-bond acceptors (Lipinski definition) is 5. The molecule has 0 saturated heterocycles. The summed E-state index contributed by atoms with van der Waals surface area (Å²) in [6.45, 7) is 5.47. The Labute approximate surface area is 120 Å². The summed E-state index contributed by atoms with van der Waals surface area (Å²) >= 11 is 1.09. The van der Waals surface area contributed by atoms with E-state index in [4.69, 9.17) is 5.84 Å². The predicted octanol–water partition coefficient (Wildman–Crippen LogP) is 2.80. The van der Waals surface area contributed by atoms with Gasteiger partial charge in [-0.25, -0.2) is 14.2 Å². The molecule has 0 aliphatic heterocycles. The van der Waals surface area contributed by atoms with Crippen LogP contribution in [-0.4, -0.2) is 9.59 Å². The van der Waals surface area contributed by atoms with Gasteiger partial charge in [-0.15, -0.1) is 5.10 Å². The lowest BCUT2D eigenvalue weighted by molar-refractivity contribution is 0.507. The van der Waals surface area contributed by atoms with Gasteiger partial charge in [0.25, 0.3) is 0 Å². The van der Waals surface area contributed by atoms with E-state index in [-0.39, 0.29) is 11.5 Å². The fourth-order valence-corrected chi connectivity index (χ4v) is 2.92. The molecular weight excluding hydrogens is 282 g/mol. The highest BCUT2D eigenvalue weighted by molar-refractivity contribution is 7.05. The number of benzene rings is 1. The van der Waals surface area contributed by atoms with Gasteiger partial charge in [-0.3, -0.25) is 5.84 Å². The third-order valence-corrected chi connectivity index (χ3v) is 3.93. The highest BCUT2D eigenvalue weighted by Crippen LogP contribution is 2.33. The van der Waals surface area contributed by atoms with E-state index in [1.54, 1.807) is 6.92 Å². The molecular formula is C13H16F2N4S. The second-order valence-electron chi connectivity index (χ2n) is 4.87. The van der Waals surface area contributed by atoms with Gasteiger partial charge in [0, 0.05) is 5.56 Å². The van der Waals surface area contributed by atoms with Crippen molar-refractivity contribution in [1.29, 1.82) is 0 Å². The number of hydrogen-bond donors (Lipinski definition) is 2. The van der Waals surface area contributed by atoms with Crippen molar-refractivity contribution in [3.63, 3.8) is 0 Å². The van der Waals surface area contributed by atoms with Crippen LogP contribution < -0.4 is 11.3 Å². The van der Waals surface area contributed by atoms with Crippen LogP contribution in [0.1, 0.15) is 47.5 Å². The average molecular weight is 298 g/mol. The molecule has 0 aliphatic rings. The van der Waals surface area contributed by atoms with Gasteiger partial charge < -0.3 is 0 Å². The smallest absolute Gasteiger partial charge is 0.134 e. The Morgan fingerprint density at radius 1 is 1.30 bits per heavy atom. The molecule has 0 spiro atoms. The topological polar surface area (TPSA) is 63.8 Å². The lowest BCUT2D eigenvalue weighted by atomic mass is 9.98. The number of hydrazine groups is 1. The molecule has 2 aromatic rings. The molecule has 0 radical (unpaired) electrons. The molecule has 1 aromatic heterocycles. The first-order valence-electron chi connectivity index (χ1n) is 6.20. The lowest BCUT2D eigenvalue weighted by Gasteiger charge is -2.18. The van der Waals surface area contributed by atoms with Crippen LogP contribution in [-0.2, 0) is 0 Å². The molecule has 108 valence electrons. The molecule has 1 unspecified atom stereocenters. The van der Waals surface area contributed by atoms with Crippen molar-refractivity contribution in [2.75, 3.05) is 0 Å². The Bertz CT molecular complexity index is 612. The normalized spacial score (nSPS) is 12.9. The molecule has 7 heteroatoms. The van der Waals surface area contributed by atoms with Crippen molar-refractivity contribution in [2.24, 2.45) is 5.84 Å². The quantitative estimate of drug-likeness (QED) is 0.673. The fourth-order valence-electron chi connectivity index (χ4n) is 2.04. The molecule has 2 rings (SSSR count). The summed E-state index contributed by atoms with van der Waals surface area (Å²) in [4.78, 5) is 0.630. The van der Waals surface area contributed by atoms with Crippen molar-refractivity contribution < 1.29 is 8.78 Å². The monoisotopic (exact) mass is 298 g/mol. The van der Waals surface area contributed by atoms with Crippen molar-refractivity contribution in [3.8, 4) is 0 Å². The molecule has 0 amide bonds. The van der Waals surface area contributed by atoms with E-state index in [0.29, 0.717) is 16.1 Å². The number of halogens is 2. The van der Waals surface area contributed by atoms with Crippen LogP contribution in [0.4, 0.5) is 8.78 Å². The molecule has 4 nitrogen and oxygen atoms in total. The van der Waals surface area contributed by atoms with E-state index in [2.05, 4.69) is 15.0 Å². The first-order valence-corrected chi connectivity index (χ1v) is 6.97. The zero-order chi connectivity index (χ0) is 14.9. The van der Waals surface area contributed by atoms with Crippen molar-refractivity contribution in [3.05, 3.63) is 45.5 Å². The minimum Gasteiger partial charge on any atom is -0.271 e. The van der Waals surface area contributed by atoms with E-state index in [1.165, 1.54) is 12.1 Å². The van der Waals surface area contributed by atoms with Gasteiger partial charge in [-0.2, -0.15) is 0 Å². The Balaban J connectivity index is 2.59. The van der Waals surface area contributed by atoms with Crippen LogP contribution >= 0.6 is 11.5 Å². The molecule has 1 aromatic carbocycles. The molecule has 0 bridgehead atoms. The number of nitrogens with two attached hydrogens (primary N) is 1. The fraction of sp³-hybridized carbons (Fsp3) is 0.385. The summed E-state index contributed by atoms with van der Waals surface area (Å²) in [6.07, 6.45) is 0. The van der Waals surface area contributed by atoms with Crippen molar-refractivity contribution in [2.45, 2.75) is 32.7 Å². The van der Waals surface area contributed by atoms with E-state index >= 15 is 0 Å². The van der Waals surface area contributed by atoms with Gasteiger partial charge in [-0.1, -0.05) is 24.4 Å². The maximum atomic E-state index is 14.3. The van der Waals surface area contributed by atoms with Crippen LogP contribution in [0, 0.1) is 18.6 Å². The molecule has 0 saturated carbocycles. The number of nitrogens with zero attached hydrogens (tertiary/aromatic N) is 2. The standard InChI is InChI=1S/C13H16F2N4S/c1-6(2)11-13(20-19-18-11)12(17-16)9-8(14)5-4-7(3)10(9)15/h4-6,12,17H,16H2,1-3H3. The maximum Gasteiger partial charge on any atom is 0.134 e. The summed E-state index contributed by atoms with van der Waals surface area (Å²) in [5.41, 5.74) is 3.44. The molecule has 1 atom stereocenters. The van der Waals surface area contributed by atoms with Gasteiger partial charge >= 0.3 is 0 Å². The number of aromatic nitrogens is 2. The predicted molar refractivity (Wildman–Crippen MR) is 74.3 cm³/mol. The zero-order valence-electron chi connectivity index (χ0n) is 11.4. The first kappa shape index (κ1) is 15.0. The maximum absolute atomic E-state index is 14.3. The first-order chi connectivity index (χ1) is 9.47. The molecule has 0 fully saturated rings. The second-order valence-corrected chi connectivity index (χ2v) is 5.65. The zero-order valence-corrected chi connectivity index (χ0v) is 12.3. The van der Waals surface area contributed by atoms with Crippen molar-refractivity contribution >= 4 is 11.5 Å². The molecule has 20 heavy (non-hydrogen) atoms. The van der Waals surface area contributed by atoms with Gasteiger partial charge in [0.05, 0.1) is 16.6 Å². The second kappa shape index (κ2) is 5.90. The van der Waals surface area contributed by atoms with Crippen LogP contribution in [0.5, 0.6) is 0 Å². The van der Waals surface area contributed by atoms with Gasteiger partial charge in [-0.05, 0) is 36.0 Å². The minimum absolute atomic E-state index is 0.0931. The van der Waals surface area contributed by atoms with Crippen molar-refractivity contribution in [1.82, 2.24) is 15.0 Å². The third kappa shape index (κ3) is 2.56. The number of rotatable bonds is 4. The Hall–Kier alpha value is -1.44. The largest absolute Gasteiger partial charge is 0.271 e. The van der Waals surface area contributed by atoms with E-state index < -0.39 is 17.7 Å². The van der Waals surface area contributed by atoms with Crippen LogP contribution in [0.3, 0.4) is 0 Å². The highest BCUT2D eigenvalue weighted by atomic mass is 32.1. The summed E-state index contributed by atoms with van der Waals surface area (Å²) in [6, 6.07) is 1.84. The number of nitrogens with one attached hydrogen (secondary N) is 1. The number of aryl methyl sites for hydroxylation is 1. The van der Waals surface area contributed by atoms with E-state index in [0.717, 1.165) is 11.5 Å². The lowest BCUT2D eigenvalue weighted by Crippen LogP contribution is -2.30. The van der Waals surface area contributed by atoms with Crippen LogP contribution in [0.2, 0.25) is 0 Å². The molecule has 0 aliphatic carbocycles. The Morgan fingerprint density at radius 2 is 2.00 bits per heavy atom. The van der Waals surface area contributed by atoms with Gasteiger partial charge in [0.15, 0.2) is 0 Å². The summed E-state index contributed by atoms with van der Waals surface area (Å²) in [5, 5.41) is 4.02. The van der Waals surface area contributed by atoms with E-state index in [9.17, 15) is 8.78 Å². The molecule has 1 heterocycles. The third-order valence-electron chi connectivity index (χ3n) is 3.12. The summed E-state index contributed by atoms with van der Waals surface area (Å²) in [7, 11) is 0. The van der Waals surface area contributed by atoms with Gasteiger partial charge in [0.1, 0.15) is 11.6 Å². The molecule has 3 N–H and O–H groups in total. The van der Waals surface area contributed by atoms with E-state index in [1.807, 2.05) is 13.8 Å². The van der Waals surface area contributed by atoms with Crippen LogP contribution in [0.15, 0.2) is 12.1 Å². The van der Waals surface area contributed by atoms with Crippen LogP contribution in [0.25, 0.3) is 0 Å². The SMILES string of the molecule is Cc1ccc(F)c(C(NN)c2snnc2C(C)C)c1F. The Kier molecular flexibility index (Phi) is 4.42. The summed E-state index contributed by atoms with van der Waals surface area (Å²) in [5.74, 6) is 4.37. The summed E-state index contributed by atoms with van der Waals surface area (Å²) < 4.78 is 32.1. The Morgan fingerprint density at radius 3 is 2.60 bits per heavy atom. The highest BCUT2D eigenvalue weighted by Gasteiger charge is 2.27. The average Bonchev–Trinajstić information content (AvgIpc) is 2.88. The van der Waals surface area contributed by atoms with Gasteiger partial charge in [0.2, 0.25) is 0 Å².